The number of hydrazine groups is 1. The fourth-order valence-corrected chi connectivity index (χ4v) is 3.59. The summed E-state index contributed by atoms with van der Waals surface area (Å²) in [5.74, 6) is -2.25. The highest BCUT2D eigenvalue weighted by atomic mass is 35.5. The van der Waals surface area contributed by atoms with Crippen molar-refractivity contribution >= 4 is 40.9 Å². The molecule has 1 aromatic carbocycles. The van der Waals surface area contributed by atoms with Crippen LogP contribution in [0.25, 0.3) is 0 Å². The van der Waals surface area contributed by atoms with Gasteiger partial charge in [-0.05, 0) is 30.5 Å². The smallest absolute Gasteiger partial charge is 0.271 e. The van der Waals surface area contributed by atoms with Gasteiger partial charge in [-0.2, -0.15) is 5.01 Å². The number of halogens is 2. The van der Waals surface area contributed by atoms with Crippen LogP contribution in [0.5, 0.6) is 0 Å². The molecule has 0 bridgehead atoms. The Hall–Kier alpha value is -1.85. The highest BCUT2D eigenvalue weighted by molar-refractivity contribution is 6.36. The highest BCUT2D eigenvalue weighted by Gasteiger charge is 2.50. The minimum atomic E-state index is -0.618. The standard InChI is InChI=1S/C16H14Cl2N2O3/c1-8-3-2-4-11-13(8)16(23)20(15(11)22)19-14(21)10-6-5-9(17)7-12(10)18/h2-3,5-8,11,13H,4H2,1H3,(H,19,21)/t8-,11-,13-/m1/s1. The minimum absolute atomic E-state index is 0.0359. The molecule has 5 nitrogen and oxygen atoms in total. The first-order valence-corrected chi connectivity index (χ1v) is 7.96. The van der Waals surface area contributed by atoms with Gasteiger partial charge in [-0.25, -0.2) is 0 Å². The largest absolute Gasteiger partial charge is 0.272 e. The first-order chi connectivity index (χ1) is 10.9. The van der Waals surface area contributed by atoms with E-state index in [1.54, 1.807) is 0 Å². The molecule has 23 heavy (non-hydrogen) atoms. The van der Waals surface area contributed by atoms with E-state index < -0.39 is 17.7 Å². The predicted octanol–water partition coefficient (Wildman–Crippen LogP) is 2.84. The summed E-state index contributed by atoms with van der Waals surface area (Å²) in [6.07, 6.45) is 4.33. The first kappa shape index (κ1) is 16.0. The molecule has 3 amide bonds. The zero-order valence-electron chi connectivity index (χ0n) is 12.3. The zero-order valence-corrected chi connectivity index (χ0v) is 13.8. The molecule has 1 aliphatic heterocycles. The average molecular weight is 353 g/mol. The van der Waals surface area contributed by atoms with E-state index >= 15 is 0 Å². The molecule has 1 fully saturated rings. The van der Waals surface area contributed by atoms with Crippen molar-refractivity contribution in [1.82, 2.24) is 10.4 Å². The van der Waals surface area contributed by atoms with E-state index in [2.05, 4.69) is 5.43 Å². The Balaban J connectivity index is 1.82. The van der Waals surface area contributed by atoms with E-state index in [-0.39, 0.29) is 28.3 Å². The molecule has 0 radical (unpaired) electrons. The number of fused-ring (bicyclic) bond motifs is 1. The maximum atomic E-state index is 12.5. The van der Waals surface area contributed by atoms with Crippen LogP contribution >= 0.6 is 23.2 Å². The van der Waals surface area contributed by atoms with Crippen molar-refractivity contribution in [3.8, 4) is 0 Å². The summed E-state index contributed by atoms with van der Waals surface area (Å²) in [5.41, 5.74) is 2.52. The van der Waals surface area contributed by atoms with Crippen molar-refractivity contribution in [3.63, 3.8) is 0 Å². The lowest BCUT2D eigenvalue weighted by atomic mass is 9.78. The lowest BCUT2D eigenvalue weighted by Gasteiger charge is -2.22. The quantitative estimate of drug-likeness (QED) is 0.657. The Morgan fingerprint density at radius 3 is 2.65 bits per heavy atom. The second-order valence-corrected chi connectivity index (χ2v) is 6.58. The van der Waals surface area contributed by atoms with Crippen molar-refractivity contribution in [2.75, 3.05) is 0 Å². The zero-order chi connectivity index (χ0) is 16.7. The Morgan fingerprint density at radius 2 is 2.00 bits per heavy atom. The molecule has 0 saturated carbocycles. The number of imide groups is 1. The number of benzene rings is 1. The van der Waals surface area contributed by atoms with Gasteiger partial charge in [0.05, 0.1) is 22.4 Å². The van der Waals surface area contributed by atoms with Crippen LogP contribution < -0.4 is 5.43 Å². The number of carbonyl (C=O) groups excluding carboxylic acids is 3. The molecule has 1 N–H and O–H groups in total. The molecule has 1 saturated heterocycles. The number of amides is 3. The molecular weight excluding hydrogens is 339 g/mol. The lowest BCUT2D eigenvalue weighted by Crippen LogP contribution is -2.46. The van der Waals surface area contributed by atoms with E-state index in [9.17, 15) is 14.4 Å². The third-order valence-corrected chi connectivity index (χ3v) is 4.81. The highest BCUT2D eigenvalue weighted by Crippen LogP contribution is 2.37. The Morgan fingerprint density at radius 1 is 1.26 bits per heavy atom. The Kier molecular flexibility index (Phi) is 4.17. The lowest BCUT2D eigenvalue weighted by molar-refractivity contribution is -0.142. The van der Waals surface area contributed by atoms with Crippen LogP contribution in [0, 0.1) is 17.8 Å². The molecule has 3 rings (SSSR count). The van der Waals surface area contributed by atoms with Crippen molar-refractivity contribution in [2.24, 2.45) is 17.8 Å². The summed E-state index contributed by atoms with van der Waals surface area (Å²) in [6.45, 7) is 1.89. The molecule has 0 aromatic heterocycles. The van der Waals surface area contributed by atoms with Gasteiger partial charge < -0.3 is 0 Å². The number of nitrogens with zero attached hydrogens (tertiary/aromatic N) is 1. The van der Waals surface area contributed by atoms with Crippen LogP contribution in [0.3, 0.4) is 0 Å². The molecule has 0 unspecified atom stereocenters. The molecule has 2 aliphatic rings. The maximum absolute atomic E-state index is 12.5. The molecule has 1 aliphatic carbocycles. The van der Waals surface area contributed by atoms with Crippen LogP contribution in [0.1, 0.15) is 23.7 Å². The van der Waals surface area contributed by atoms with Gasteiger partial charge in [0.25, 0.3) is 17.7 Å². The van der Waals surface area contributed by atoms with Gasteiger partial charge >= 0.3 is 0 Å². The summed E-state index contributed by atoms with van der Waals surface area (Å²) in [7, 11) is 0. The minimum Gasteiger partial charge on any atom is -0.272 e. The van der Waals surface area contributed by atoms with Crippen LogP contribution in [-0.2, 0) is 9.59 Å². The summed E-state index contributed by atoms with van der Waals surface area (Å²) in [4.78, 5) is 37.2. The van der Waals surface area contributed by atoms with Crippen molar-refractivity contribution in [3.05, 3.63) is 46.0 Å². The summed E-state index contributed by atoms with van der Waals surface area (Å²) >= 11 is 11.8. The van der Waals surface area contributed by atoms with E-state index in [0.717, 1.165) is 5.01 Å². The molecule has 1 heterocycles. The number of hydrogen-bond donors (Lipinski definition) is 1. The van der Waals surface area contributed by atoms with E-state index in [1.807, 2.05) is 19.1 Å². The van der Waals surface area contributed by atoms with E-state index in [1.165, 1.54) is 18.2 Å². The van der Waals surface area contributed by atoms with Crippen LogP contribution in [0.15, 0.2) is 30.4 Å². The first-order valence-electron chi connectivity index (χ1n) is 7.20. The normalized spacial score (nSPS) is 26.4. The number of hydrogen-bond acceptors (Lipinski definition) is 3. The van der Waals surface area contributed by atoms with E-state index in [0.29, 0.717) is 11.4 Å². The number of allylic oxidation sites excluding steroid dienone is 2. The van der Waals surface area contributed by atoms with E-state index in [4.69, 9.17) is 23.2 Å². The van der Waals surface area contributed by atoms with Crippen molar-refractivity contribution in [2.45, 2.75) is 13.3 Å². The Labute approximate surface area is 143 Å². The Bertz CT molecular complexity index is 732. The second kappa shape index (κ2) is 5.98. The van der Waals surface area contributed by atoms with Gasteiger partial charge in [0.15, 0.2) is 0 Å². The predicted molar refractivity (Wildman–Crippen MR) is 85.7 cm³/mol. The molecule has 1 aromatic rings. The van der Waals surface area contributed by atoms with Gasteiger partial charge in [-0.15, -0.1) is 0 Å². The number of carbonyl (C=O) groups is 3. The average Bonchev–Trinajstić information content (AvgIpc) is 2.73. The van der Waals surface area contributed by atoms with Gasteiger partial charge in [0.1, 0.15) is 0 Å². The fraction of sp³-hybridized carbons (Fsp3) is 0.312. The van der Waals surface area contributed by atoms with Gasteiger partial charge in [0, 0.05) is 5.02 Å². The molecule has 7 heteroatoms. The molecule has 3 atom stereocenters. The maximum Gasteiger partial charge on any atom is 0.271 e. The van der Waals surface area contributed by atoms with Crippen LogP contribution in [0.4, 0.5) is 0 Å². The summed E-state index contributed by atoms with van der Waals surface area (Å²) in [6, 6.07) is 4.39. The van der Waals surface area contributed by atoms with Crippen LogP contribution in [0.2, 0.25) is 10.0 Å². The topological polar surface area (TPSA) is 66.5 Å². The SMILES string of the molecule is C[C@@H]1C=CC[C@H]2C(=O)N(NC(=O)c3ccc(Cl)cc3Cl)C(=O)[C@H]12. The second-order valence-electron chi connectivity index (χ2n) is 5.73. The van der Waals surface area contributed by atoms with Crippen molar-refractivity contribution in [1.29, 1.82) is 0 Å². The molecule has 120 valence electrons. The molecular formula is C16H14Cl2N2O3. The van der Waals surface area contributed by atoms with Gasteiger partial charge in [-0.3, -0.25) is 19.8 Å². The monoisotopic (exact) mass is 352 g/mol. The fourth-order valence-electron chi connectivity index (χ4n) is 3.09. The van der Waals surface area contributed by atoms with Crippen LogP contribution in [-0.4, -0.2) is 22.7 Å². The number of nitrogens with one attached hydrogen (secondary N) is 1. The molecule has 0 spiro atoms. The third-order valence-electron chi connectivity index (χ3n) is 4.26. The third kappa shape index (κ3) is 2.75. The summed E-state index contributed by atoms with van der Waals surface area (Å²) in [5, 5.41) is 1.37. The van der Waals surface area contributed by atoms with Crippen molar-refractivity contribution < 1.29 is 14.4 Å². The van der Waals surface area contributed by atoms with Gasteiger partial charge in [-0.1, -0.05) is 42.3 Å². The summed E-state index contributed by atoms with van der Waals surface area (Å²) < 4.78 is 0. The number of rotatable bonds is 2. The van der Waals surface area contributed by atoms with Gasteiger partial charge in [0.2, 0.25) is 0 Å².